The van der Waals surface area contributed by atoms with Crippen molar-refractivity contribution in [1.29, 1.82) is 0 Å². The predicted molar refractivity (Wildman–Crippen MR) is 79.6 cm³/mol. The third-order valence-electron chi connectivity index (χ3n) is 2.85. The molecule has 4 heteroatoms. The van der Waals surface area contributed by atoms with Gasteiger partial charge < -0.3 is 4.90 Å². The van der Waals surface area contributed by atoms with Gasteiger partial charge in [-0.2, -0.15) is 0 Å². The normalized spacial score (nSPS) is 10.5. The molecule has 2 aromatic rings. The zero-order valence-corrected chi connectivity index (χ0v) is 12.1. The van der Waals surface area contributed by atoms with Gasteiger partial charge in [0.25, 0.3) is 0 Å². The van der Waals surface area contributed by atoms with E-state index in [1.807, 2.05) is 31.3 Å². The lowest BCUT2D eigenvalue weighted by Gasteiger charge is -2.19. The van der Waals surface area contributed by atoms with Crippen LogP contribution in [0.15, 0.2) is 36.4 Å². The Morgan fingerprint density at radius 1 is 1.16 bits per heavy atom. The summed E-state index contributed by atoms with van der Waals surface area (Å²) >= 11 is 6.06. The van der Waals surface area contributed by atoms with Gasteiger partial charge in [-0.25, -0.2) is 9.97 Å². The molecule has 100 valence electrons. The van der Waals surface area contributed by atoms with Gasteiger partial charge in [-0.05, 0) is 12.0 Å². The fourth-order valence-corrected chi connectivity index (χ4v) is 2.12. The lowest BCUT2D eigenvalue weighted by molar-refractivity contribution is 0.812. The lowest BCUT2D eigenvalue weighted by Crippen LogP contribution is -2.18. The number of rotatable bonds is 5. The van der Waals surface area contributed by atoms with Gasteiger partial charge in [0.15, 0.2) is 0 Å². The van der Waals surface area contributed by atoms with Crippen LogP contribution in [0.4, 0.5) is 5.82 Å². The van der Waals surface area contributed by atoms with Crippen LogP contribution < -0.4 is 4.90 Å². The van der Waals surface area contributed by atoms with E-state index in [4.69, 9.17) is 11.6 Å². The van der Waals surface area contributed by atoms with Crippen LogP contribution in [0.3, 0.4) is 0 Å². The maximum Gasteiger partial charge on any atom is 0.134 e. The summed E-state index contributed by atoms with van der Waals surface area (Å²) in [6.07, 6.45) is 1.87. The number of nitrogens with zero attached hydrogens (tertiary/aromatic N) is 3. The smallest absolute Gasteiger partial charge is 0.134 e. The molecule has 19 heavy (non-hydrogen) atoms. The monoisotopic (exact) mass is 275 g/mol. The molecule has 1 heterocycles. The van der Waals surface area contributed by atoms with Crippen molar-refractivity contribution in [2.24, 2.45) is 0 Å². The summed E-state index contributed by atoms with van der Waals surface area (Å²) in [5, 5.41) is 0.508. The Bertz CT molecular complexity index is 528. The van der Waals surface area contributed by atoms with Crippen LogP contribution in [0.5, 0.6) is 0 Å². The van der Waals surface area contributed by atoms with Crippen LogP contribution in [-0.4, -0.2) is 17.0 Å². The van der Waals surface area contributed by atoms with Gasteiger partial charge in [-0.1, -0.05) is 48.9 Å². The fourth-order valence-electron chi connectivity index (χ4n) is 1.92. The van der Waals surface area contributed by atoms with Crippen molar-refractivity contribution < 1.29 is 0 Å². The zero-order chi connectivity index (χ0) is 13.7. The Labute approximate surface area is 119 Å². The predicted octanol–water partition coefficient (Wildman–Crippen LogP) is 3.72. The Morgan fingerprint density at radius 3 is 2.58 bits per heavy atom. The van der Waals surface area contributed by atoms with E-state index in [9.17, 15) is 0 Å². The Hall–Kier alpha value is -1.61. The van der Waals surface area contributed by atoms with E-state index in [1.165, 1.54) is 5.56 Å². The third kappa shape index (κ3) is 3.93. The standard InChI is InChI=1S/C15H18ClN3/c1-3-7-14-17-13(16)10-15(18-14)19(2)11-12-8-5-4-6-9-12/h4-6,8-10H,3,7,11H2,1-2H3. The van der Waals surface area contributed by atoms with E-state index >= 15 is 0 Å². The molecule has 0 aliphatic rings. The summed E-state index contributed by atoms with van der Waals surface area (Å²) in [5.41, 5.74) is 1.25. The van der Waals surface area contributed by atoms with Crippen molar-refractivity contribution in [2.45, 2.75) is 26.3 Å². The Kier molecular flexibility index (Phi) is 4.74. The molecule has 0 saturated heterocycles. The van der Waals surface area contributed by atoms with Gasteiger partial charge in [0.2, 0.25) is 0 Å². The lowest BCUT2D eigenvalue weighted by atomic mass is 10.2. The molecule has 0 aliphatic carbocycles. The second kappa shape index (κ2) is 6.53. The fraction of sp³-hybridized carbons (Fsp3) is 0.333. The summed E-state index contributed by atoms with van der Waals surface area (Å²) < 4.78 is 0. The van der Waals surface area contributed by atoms with Crippen LogP contribution >= 0.6 is 11.6 Å². The zero-order valence-electron chi connectivity index (χ0n) is 11.3. The molecule has 1 aromatic carbocycles. The van der Waals surface area contributed by atoms with Crippen LogP contribution in [0.25, 0.3) is 0 Å². The highest BCUT2D eigenvalue weighted by Gasteiger charge is 2.07. The van der Waals surface area contributed by atoms with Crippen molar-refractivity contribution >= 4 is 17.4 Å². The first-order valence-electron chi connectivity index (χ1n) is 6.47. The first-order valence-corrected chi connectivity index (χ1v) is 6.85. The van der Waals surface area contributed by atoms with Gasteiger partial charge in [-0.3, -0.25) is 0 Å². The van der Waals surface area contributed by atoms with Crippen molar-refractivity contribution in [3.63, 3.8) is 0 Å². The summed E-state index contributed by atoms with van der Waals surface area (Å²) in [6.45, 7) is 2.91. The number of aryl methyl sites for hydroxylation is 1. The summed E-state index contributed by atoms with van der Waals surface area (Å²) in [5.74, 6) is 1.68. The number of anilines is 1. The quantitative estimate of drug-likeness (QED) is 0.779. The van der Waals surface area contributed by atoms with Crippen molar-refractivity contribution in [3.8, 4) is 0 Å². The van der Waals surface area contributed by atoms with E-state index in [1.54, 1.807) is 0 Å². The molecule has 0 aliphatic heterocycles. The number of aromatic nitrogens is 2. The van der Waals surface area contributed by atoms with Gasteiger partial charge in [0.1, 0.15) is 16.8 Å². The van der Waals surface area contributed by atoms with Crippen LogP contribution in [0, 0.1) is 0 Å². The first-order chi connectivity index (χ1) is 9.19. The summed E-state index contributed by atoms with van der Waals surface area (Å²) in [7, 11) is 2.02. The van der Waals surface area contributed by atoms with E-state index in [0.29, 0.717) is 5.15 Å². The molecule has 0 fully saturated rings. The van der Waals surface area contributed by atoms with Gasteiger partial charge in [0, 0.05) is 26.1 Å². The second-order valence-corrected chi connectivity index (χ2v) is 4.94. The summed E-state index contributed by atoms with van der Waals surface area (Å²) in [6, 6.07) is 12.1. The van der Waals surface area contributed by atoms with Crippen molar-refractivity contribution in [1.82, 2.24) is 9.97 Å². The number of benzene rings is 1. The molecule has 0 saturated carbocycles. The number of halogens is 1. The SMILES string of the molecule is CCCc1nc(Cl)cc(N(C)Cc2ccccc2)n1. The van der Waals surface area contributed by atoms with Gasteiger partial charge >= 0.3 is 0 Å². The minimum Gasteiger partial charge on any atom is -0.355 e. The molecule has 0 unspecified atom stereocenters. The summed E-state index contributed by atoms with van der Waals surface area (Å²) in [4.78, 5) is 10.9. The molecular formula is C15H18ClN3. The largest absolute Gasteiger partial charge is 0.355 e. The average Bonchev–Trinajstić information content (AvgIpc) is 2.39. The maximum atomic E-state index is 6.06. The molecule has 0 bridgehead atoms. The highest BCUT2D eigenvalue weighted by atomic mass is 35.5. The van der Waals surface area contributed by atoms with Crippen LogP contribution in [0.1, 0.15) is 24.7 Å². The van der Waals surface area contributed by atoms with Gasteiger partial charge in [0.05, 0.1) is 0 Å². The third-order valence-corrected chi connectivity index (χ3v) is 3.05. The van der Waals surface area contributed by atoms with Crippen molar-refractivity contribution in [3.05, 3.63) is 52.9 Å². The molecule has 0 N–H and O–H groups in total. The Balaban J connectivity index is 2.16. The molecule has 2 rings (SSSR count). The van der Waals surface area contributed by atoms with Crippen molar-refractivity contribution in [2.75, 3.05) is 11.9 Å². The average molecular weight is 276 g/mol. The van der Waals surface area contributed by atoms with E-state index in [-0.39, 0.29) is 0 Å². The highest BCUT2D eigenvalue weighted by Crippen LogP contribution is 2.17. The molecule has 0 spiro atoms. The minimum absolute atomic E-state index is 0.508. The van der Waals surface area contributed by atoms with E-state index in [0.717, 1.165) is 31.0 Å². The Morgan fingerprint density at radius 2 is 1.89 bits per heavy atom. The molecule has 1 aromatic heterocycles. The first kappa shape index (κ1) is 13.8. The molecule has 0 atom stereocenters. The van der Waals surface area contributed by atoms with E-state index in [2.05, 4.69) is 33.9 Å². The maximum absolute atomic E-state index is 6.06. The van der Waals surface area contributed by atoms with E-state index < -0.39 is 0 Å². The molecule has 0 amide bonds. The molecular weight excluding hydrogens is 258 g/mol. The number of hydrogen-bond donors (Lipinski definition) is 0. The molecule has 3 nitrogen and oxygen atoms in total. The van der Waals surface area contributed by atoms with Crippen LogP contribution in [0.2, 0.25) is 5.15 Å². The molecule has 0 radical (unpaired) electrons. The topological polar surface area (TPSA) is 29.0 Å². The minimum atomic E-state index is 0.508. The van der Waals surface area contributed by atoms with Crippen LogP contribution in [-0.2, 0) is 13.0 Å². The van der Waals surface area contributed by atoms with Gasteiger partial charge in [-0.15, -0.1) is 0 Å². The second-order valence-electron chi connectivity index (χ2n) is 4.56. The highest BCUT2D eigenvalue weighted by molar-refractivity contribution is 6.29. The number of hydrogen-bond acceptors (Lipinski definition) is 3.